The largest absolute Gasteiger partial charge is 0.396 e. The highest BCUT2D eigenvalue weighted by Crippen LogP contribution is 2.06. The maximum Gasteiger partial charge on any atom is 0.0897 e. The number of aliphatic hydroxyl groups excluding tert-OH is 2. The Morgan fingerprint density at radius 1 is 1.10 bits per heavy atom. The molecule has 0 fully saturated rings. The molecular formula is C6H13O2S2. The Labute approximate surface area is 70.4 Å². The van der Waals surface area contributed by atoms with Crippen molar-refractivity contribution in [1.82, 2.24) is 0 Å². The van der Waals surface area contributed by atoms with Crippen LogP contribution in [-0.2, 0) is 0 Å². The van der Waals surface area contributed by atoms with Gasteiger partial charge in [0.25, 0.3) is 0 Å². The van der Waals surface area contributed by atoms with Crippen LogP contribution in [-0.4, -0.2) is 39.8 Å². The predicted molar refractivity (Wildman–Crippen MR) is 48.0 cm³/mol. The third-order valence-corrected chi connectivity index (χ3v) is 2.90. The van der Waals surface area contributed by atoms with Gasteiger partial charge in [-0.2, -0.15) is 23.5 Å². The molecule has 0 saturated heterocycles. The summed E-state index contributed by atoms with van der Waals surface area (Å²) in [4.78, 5) is 0. The van der Waals surface area contributed by atoms with E-state index in [9.17, 15) is 0 Å². The molecule has 0 aliphatic carbocycles. The fourth-order valence-corrected chi connectivity index (χ4v) is 1.97. The summed E-state index contributed by atoms with van der Waals surface area (Å²) in [5, 5.41) is 16.7. The first-order chi connectivity index (χ1) is 4.91. The lowest BCUT2D eigenvalue weighted by Crippen LogP contribution is -1.91. The highest BCUT2D eigenvalue weighted by atomic mass is 32.2. The van der Waals surface area contributed by atoms with Crippen LogP contribution in [0, 0.1) is 6.61 Å². The van der Waals surface area contributed by atoms with Crippen molar-refractivity contribution >= 4 is 23.5 Å². The summed E-state index contributed by atoms with van der Waals surface area (Å²) >= 11 is 3.43. The minimum atomic E-state index is 0.265. The molecule has 0 aromatic carbocycles. The lowest BCUT2D eigenvalue weighted by molar-refractivity contribution is 0.322. The fraction of sp³-hybridized carbons (Fsp3) is 0.833. The van der Waals surface area contributed by atoms with E-state index < -0.39 is 0 Å². The van der Waals surface area contributed by atoms with Gasteiger partial charge in [0.15, 0.2) is 0 Å². The average Bonchev–Trinajstić information content (AvgIpc) is 1.97. The first kappa shape index (κ1) is 10.6. The van der Waals surface area contributed by atoms with E-state index in [0.29, 0.717) is 5.75 Å². The summed E-state index contributed by atoms with van der Waals surface area (Å²) in [7, 11) is 0. The highest BCUT2D eigenvalue weighted by molar-refractivity contribution is 8.02. The highest BCUT2D eigenvalue weighted by Gasteiger charge is 1.88. The van der Waals surface area contributed by atoms with Gasteiger partial charge >= 0.3 is 0 Å². The second-order valence-electron chi connectivity index (χ2n) is 1.59. The van der Waals surface area contributed by atoms with E-state index in [0.717, 1.165) is 17.3 Å². The molecule has 0 aliphatic rings. The van der Waals surface area contributed by atoms with E-state index in [1.165, 1.54) is 6.61 Å². The molecule has 0 aromatic heterocycles. The zero-order chi connectivity index (χ0) is 7.66. The molecule has 2 N–H and O–H groups in total. The fourth-order valence-electron chi connectivity index (χ4n) is 0.421. The van der Waals surface area contributed by atoms with E-state index in [4.69, 9.17) is 10.2 Å². The number of hydrogen-bond donors (Lipinski definition) is 2. The smallest absolute Gasteiger partial charge is 0.0897 e. The summed E-state index contributed by atoms with van der Waals surface area (Å²) in [5.74, 6) is 3.63. The maximum absolute atomic E-state index is 8.40. The van der Waals surface area contributed by atoms with Crippen LogP contribution >= 0.6 is 23.5 Å². The quantitative estimate of drug-likeness (QED) is 0.574. The van der Waals surface area contributed by atoms with Gasteiger partial charge in [0.05, 0.1) is 13.2 Å². The number of aliphatic hydroxyl groups is 2. The Morgan fingerprint density at radius 3 is 2.40 bits per heavy atom. The zero-order valence-corrected chi connectivity index (χ0v) is 7.46. The van der Waals surface area contributed by atoms with Crippen LogP contribution in [0.1, 0.15) is 0 Å². The molecule has 0 saturated carbocycles. The van der Waals surface area contributed by atoms with Crippen LogP contribution in [0.2, 0.25) is 0 Å². The van der Waals surface area contributed by atoms with Gasteiger partial charge in [-0.1, -0.05) is 0 Å². The number of hydrogen-bond acceptors (Lipinski definition) is 4. The van der Waals surface area contributed by atoms with Crippen molar-refractivity contribution < 1.29 is 10.2 Å². The Kier molecular flexibility index (Phi) is 10.2. The van der Waals surface area contributed by atoms with E-state index in [1.54, 1.807) is 23.5 Å². The van der Waals surface area contributed by atoms with Gasteiger partial charge < -0.3 is 10.2 Å². The van der Waals surface area contributed by atoms with Crippen molar-refractivity contribution in [2.24, 2.45) is 0 Å². The normalized spacial score (nSPS) is 10.2. The topological polar surface area (TPSA) is 40.5 Å². The third kappa shape index (κ3) is 8.62. The van der Waals surface area contributed by atoms with Crippen molar-refractivity contribution in [2.75, 3.05) is 29.6 Å². The molecule has 0 aliphatic heterocycles. The van der Waals surface area contributed by atoms with E-state index in [1.807, 2.05) is 0 Å². The summed E-state index contributed by atoms with van der Waals surface area (Å²) in [6.45, 7) is 1.43. The lowest BCUT2D eigenvalue weighted by atomic mass is 10.9. The number of thioether (sulfide) groups is 2. The van der Waals surface area contributed by atoms with Crippen molar-refractivity contribution in [3.05, 3.63) is 6.61 Å². The van der Waals surface area contributed by atoms with Gasteiger partial charge in [0, 0.05) is 23.0 Å². The van der Waals surface area contributed by atoms with Crippen LogP contribution in [0.5, 0.6) is 0 Å². The SMILES string of the molecule is O[CH]CSCCSCCO. The van der Waals surface area contributed by atoms with Crippen molar-refractivity contribution in [3.63, 3.8) is 0 Å². The first-order valence-corrected chi connectivity index (χ1v) is 5.45. The van der Waals surface area contributed by atoms with Gasteiger partial charge in [-0.3, -0.25) is 0 Å². The second kappa shape index (κ2) is 9.62. The van der Waals surface area contributed by atoms with Crippen molar-refractivity contribution in [1.29, 1.82) is 0 Å². The maximum atomic E-state index is 8.40. The van der Waals surface area contributed by atoms with Gasteiger partial charge in [0.2, 0.25) is 0 Å². The molecule has 4 heteroatoms. The monoisotopic (exact) mass is 181 g/mol. The molecule has 0 unspecified atom stereocenters. The predicted octanol–water partition coefficient (Wildman–Crippen LogP) is 0.979. The first-order valence-electron chi connectivity index (χ1n) is 3.14. The molecule has 2 nitrogen and oxygen atoms in total. The van der Waals surface area contributed by atoms with Gasteiger partial charge in [0.1, 0.15) is 0 Å². The zero-order valence-electron chi connectivity index (χ0n) is 5.82. The Balaban J connectivity index is 2.65. The Bertz CT molecular complexity index is 53.7. The van der Waals surface area contributed by atoms with Crippen molar-refractivity contribution in [2.45, 2.75) is 0 Å². The summed E-state index contributed by atoms with van der Waals surface area (Å²) in [6, 6.07) is 0. The summed E-state index contributed by atoms with van der Waals surface area (Å²) in [6.07, 6.45) is 0. The van der Waals surface area contributed by atoms with Gasteiger partial charge in [-0.25, -0.2) is 0 Å². The minimum absolute atomic E-state index is 0.265. The van der Waals surface area contributed by atoms with Gasteiger partial charge in [-0.15, -0.1) is 0 Å². The second-order valence-corrected chi connectivity index (χ2v) is 3.97. The van der Waals surface area contributed by atoms with Gasteiger partial charge in [-0.05, 0) is 0 Å². The van der Waals surface area contributed by atoms with Crippen LogP contribution in [0.15, 0.2) is 0 Å². The molecule has 0 aromatic rings. The molecule has 0 rings (SSSR count). The number of rotatable bonds is 7. The lowest BCUT2D eigenvalue weighted by Gasteiger charge is -1.97. The van der Waals surface area contributed by atoms with Crippen LogP contribution in [0.4, 0.5) is 0 Å². The van der Waals surface area contributed by atoms with Crippen LogP contribution in [0.3, 0.4) is 0 Å². The molecular weight excluding hydrogens is 168 g/mol. The molecule has 0 amide bonds. The molecule has 0 heterocycles. The average molecular weight is 181 g/mol. The van der Waals surface area contributed by atoms with Crippen molar-refractivity contribution in [3.8, 4) is 0 Å². The summed E-state index contributed by atoms with van der Waals surface area (Å²) in [5.41, 5.74) is 0. The molecule has 0 bridgehead atoms. The van der Waals surface area contributed by atoms with Crippen LogP contribution < -0.4 is 0 Å². The standard InChI is InChI=1S/C6H13O2S2/c7-1-3-9-5-6-10-4-2-8/h1,7-8H,2-6H2. The molecule has 61 valence electrons. The van der Waals surface area contributed by atoms with E-state index in [2.05, 4.69) is 0 Å². The molecule has 1 radical (unpaired) electrons. The Hall–Kier alpha value is 0.620. The molecule has 0 spiro atoms. The van der Waals surface area contributed by atoms with E-state index in [-0.39, 0.29) is 6.61 Å². The third-order valence-electron chi connectivity index (χ3n) is 0.800. The summed E-state index contributed by atoms with van der Waals surface area (Å²) < 4.78 is 0. The minimum Gasteiger partial charge on any atom is -0.396 e. The van der Waals surface area contributed by atoms with Crippen LogP contribution in [0.25, 0.3) is 0 Å². The molecule has 0 atom stereocenters. The molecule has 10 heavy (non-hydrogen) atoms. The van der Waals surface area contributed by atoms with E-state index >= 15 is 0 Å². The Morgan fingerprint density at radius 2 is 1.80 bits per heavy atom.